The summed E-state index contributed by atoms with van der Waals surface area (Å²) in [6, 6.07) is 5.49. The fourth-order valence-electron chi connectivity index (χ4n) is 2.53. The Bertz CT molecular complexity index is 635. The summed E-state index contributed by atoms with van der Waals surface area (Å²) in [4.78, 5) is 17.6. The molecule has 0 saturated carbocycles. The molecule has 1 aromatic heterocycles. The molecule has 1 aromatic carbocycles. The second kappa shape index (κ2) is 6.47. The monoisotopic (exact) mass is 307 g/mol. The molecule has 2 aromatic rings. The number of nitrogens with zero attached hydrogens (tertiary/aromatic N) is 1. The molecule has 1 amide bonds. The van der Waals surface area contributed by atoms with E-state index in [0.717, 1.165) is 43.8 Å². The highest BCUT2D eigenvalue weighted by Crippen LogP contribution is 2.22. The first-order chi connectivity index (χ1) is 10.2. The van der Waals surface area contributed by atoms with E-state index in [9.17, 15) is 4.79 Å². The van der Waals surface area contributed by atoms with Crippen LogP contribution < -0.4 is 5.32 Å². The van der Waals surface area contributed by atoms with Gasteiger partial charge in [0.15, 0.2) is 0 Å². The van der Waals surface area contributed by atoms with Gasteiger partial charge in [-0.2, -0.15) is 0 Å². The minimum absolute atomic E-state index is 0.0724. The van der Waals surface area contributed by atoms with Crippen LogP contribution in [-0.2, 0) is 4.74 Å². The van der Waals surface area contributed by atoms with Crippen LogP contribution in [0.5, 0.6) is 0 Å². The molecule has 1 aliphatic heterocycles. The SMILES string of the molecule is O=C(NCCN1CCOCC1)c1c[nH]c2ccc(Cl)cc12. The molecule has 1 fully saturated rings. The van der Waals surface area contributed by atoms with E-state index < -0.39 is 0 Å². The summed E-state index contributed by atoms with van der Waals surface area (Å²) in [5, 5.41) is 4.44. The average Bonchev–Trinajstić information content (AvgIpc) is 2.91. The quantitative estimate of drug-likeness (QED) is 0.907. The number of rotatable bonds is 4. The third-order valence-corrected chi connectivity index (χ3v) is 3.94. The Morgan fingerprint density at radius 1 is 1.38 bits per heavy atom. The van der Waals surface area contributed by atoms with Gasteiger partial charge in [-0.3, -0.25) is 9.69 Å². The van der Waals surface area contributed by atoms with Crippen molar-refractivity contribution in [2.75, 3.05) is 39.4 Å². The van der Waals surface area contributed by atoms with E-state index >= 15 is 0 Å². The maximum Gasteiger partial charge on any atom is 0.253 e. The molecule has 0 radical (unpaired) electrons. The molecule has 6 heteroatoms. The van der Waals surface area contributed by atoms with Crippen molar-refractivity contribution >= 4 is 28.4 Å². The van der Waals surface area contributed by atoms with E-state index in [0.29, 0.717) is 17.1 Å². The number of aromatic nitrogens is 1. The molecule has 112 valence electrons. The lowest BCUT2D eigenvalue weighted by Crippen LogP contribution is -2.41. The Hall–Kier alpha value is -1.56. The summed E-state index contributed by atoms with van der Waals surface area (Å²) >= 11 is 5.99. The van der Waals surface area contributed by atoms with Gasteiger partial charge in [0.2, 0.25) is 0 Å². The van der Waals surface area contributed by atoms with Crippen LogP contribution in [0.1, 0.15) is 10.4 Å². The van der Waals surface area contributed by atoms with E-state index in [-0.39, 0.29) is 5.91 Å². The minimum atomic E-state index is -0.0724. The molecule has 5 nitrogen and oxygen atoms in total. The first-order valence-corrected chi connectivity index (χ1v) is 7.47. The van der Waals surface area contributed by atoms with Gasteiger partial charge in [0.05, 0.1) is 18.8 Å². The summed E-state index contributed by atoms with van der Waals surface area (Å²) < 4.78 is 5.30. The van der Waals surface area contributed by atoms with Crippen LogP contribution in [0.4, 0.5) is 0 Å². The molecular formula is C15H18ClN3O2. The van der Waals surface area contributed by atoms with Crippen molar-refractivity contribution in [1.82, 2.24) is 15.2 Å². The Balaban J connectivity index is 1.60. The summed E-state index contributed by atoms with van der Waals surface area (Å²) in [5.41, 5.74) is 1.55. The highest BCUT2D eigenvalue weighted by atomic mass is 35.5. The van der Waals surface area contributed by atoms with Crippen LogP contribution in [0.25, 0.3) is 10.9 Å². The molecule has 21 heavy (non-hydrogen) atoms. The van der Waals surface area contributed by atoms with E-state index in [1.807, 2.05) is 12.1 Å². The van der Waals surface area contributed by atoms with Gasteiger partial charge in [-0.15, -0.1) is 0 Å². The first kappa shape index (κ1) is 14.4. The van der Waals surface area contributed by atoms with Gasteiger partial charge in [-0.05, 0) is 18.2 Å². The largest absolute Gasteiger partial charge is 0.379 e. The smallest absolute Gasteiger partial charge is 0.253 e. The molecule has 0 bridgehead atoms. The number of fused-ring (bicyclic) bond motifs is 1. The Morgan fingerprint density at radius 3 is 3.00 bits per heavy atom. The van der Waals surface area contributed by atoms with E-state index in [4.69, 9.17) is 16.3 Å². The van der Waals surface area contributed by atoms with Crippen molar-refractivity contribution in [2.24, 2.45) is 0 Å². The number of amides is 1. The number of ether oxygens (including phenoxy) is 1. The van der Waals surface area contributed by atoms with Gasteiger partial charge < -0.3 is 15.0 Å². The maximum atomic E-state index is 12.3. The molecule has 0 aliphatic carbocycles. The van der Waals surface area contributed by atoms with E-state index in [2.05, 4.69) is 15.2 Å². The van der Waals surface area contributed by atoms with E-state index in [1.54, 1.807) is 12.3 Å². The van der Waals surface area contributed by atoms with Gasteiger partial charge in [0, 0.05) is 48.3 Å². The van der Waals surface area contributed by atoms with Crippen LogP contribution in [0, 0.1) is 0 Å². The molecular weight excluding hydrogens is 290 g/mol. The second-order valence-electron chi connectivity index (χ2n) is 5.10. The Morgan fingerprint density at radius 2 is 2.19 bits per heavy atom. The number of nitrogens with one attached hydrogen (secondary N) is 2. The highest BCUT2D eigenvalue weighted by Gasteiger charge is 2.13. The fourth-order valence-corrected chi connectivity index (χ4v) is 2.70. The Kier molecular flexibility index (Phi) is 4.43. The molecule has 1 aliphatic rings. The number of H-pyrrole nitrogens is 1. The topological polar surface area (TPSA) is 57.4 Å². The Labute approximate surface area is 128 Å². The minimum Gasteiger partial charge on any atom is -0.379 e. The molecule has 1 saturated heterocycles. The van der Waals surface area contributed by atoms with Crippen molar-refractivity contribution in [3.05, 3.63) is 35.0 Å². The molecule has 0 atom stereocenters. The summed E-state index contributed by atoms with van der Waals surface area (Å²) in [6.07, 6.45) is 1.73. The van der Waals surface area contributed by atoms with Crippen molar-refractivity contribution < 1.29 is 9.53 Å². The summed E-state index contributed by atoms with van der Waals surface area (Å²) in [7, 11) is 0. The molecule has 3 rings (SSSR count). The lowest BCUT2D eigenvalue weighted by atomic mass is 10.1. The second-order valence-corrected chi connectivity index (χ2v) is 5.54. The van der Waals surface area contributed by atoms with Gasteiger partial charge in [0.25, 0.3) is 5.91 Å². The number of hydrogen-bond donors (Lipinski definition) is 2. The van der Waals surface area contributed by atoms with Crippen LogP contribution in [0.2, 0.25) is 5.02 Å². The van der Waals surface area contributed by atoms with Crippen molar-refractivity contribution in [3.8, 4) is 0 Å². The maximum absolute atomic E-state index is 12.3. The number of aromatic amines is 1. The fraction of sp³-hybridized carbons (Fsp3) is 0.400. The third kappa shape index (κ3) is 3.37. The summed E-state index contributed by atoms with van der Waals surface area (Å²) in [5.74, 6) is -0.0724. The van der Waals surface area contributed by atoms with Crippen molar-refractivity contribution in [1.29, 1.82) is 0 Å². The zero-order valence-electron chi connectivity index (χ0n) is 11.7. The number of halogens is 1. The van der Waals surface area contributed by atoms with E-state index in [1.165, 1.54) is 0 Å². The van der Waals surface area contributed by atoms with Crippen LogP contribution >= 0.6 is 11.6 Å². The number of carbonyl (C=O) groups excluding carboxylic acids is 1. The van der Waals surface area contributed by atoms with Crippen LogP contribution in [0.15, 0.2) is 24.4 Å². The van der Waals surface area contributed by atoms with Gasteiger partial charge >= 0.3 is 0 Å². The zero-order chi connectivity index (χ0) is 14.7. The number of morpholine rings is 1. The van der Waals surface area contributed by atoms with Crippen molar-refractivity contribution in [2.45, 2.75) is 0 Å². The van der Waals surface area contributed by atoms with Gasteiger partial charge in [-0.25, -0.2) is 0 Å². The lowest BCUT2D eigenvalue weighted by Gasteiger charge is -2.26. The average molecular weight is 308 g/mol. The van der Waals surface area contributed by atoms with Crippen LogP contribution in [-0.4, -0.2) is 55.2 Å². The number of benzene rings is 1. The molecule has 2 N–H and O–H groups in total. The molecule has 0 spiro atoms. The normalized spacial score (nSPS) is 16.2. The predicted molar refractivity (Wildman–Crippen MR) is 82.9 cm³/mol. The van der Waals surface area contributed by atoms with Crippen molar-refractivity contribution in [3.63, 3.8) is 0 Å². The molecule has 2 heterocycles. The lowest BCUT2D eigenvalue weighted by molar-refractivity contribution is 0.0383. The van der Waals surface area contributed by atoms with Crippen LogP contribution in [0.3, 0.4) is 0 Å². The number of carbonyl (C=O) groups is 1. The van der Waals surface area contributed by atoms with Gasteiger partial charge in [-0.1, -0.05) is 11.6 Å². The summed E-state index contributed by atoms with van der Waals surface area (Å²) in [6.45, 7) is 4.88. The van der Waals surface area contributed by atoms with Gasteiger partial charge in [0.1, 0.15) is 0 Å². The third-order valence-electron chi connectivity index (χ3n) is 3.71. The number of hydrogen-bond acceptors (Lipinski definition) is 3. The highest BCUT2D eigenvalue weighted by molar-refractivity contribution is 6.31. The predicted octanol–water partition coefficient (Wildman–Crippen LogP) is 1.88. The standard InChI is InChI=1S/C15H18ClN3O2/c16-11-1-2-14-12(9-11)13(10-18-14)15(20)17-3-4-19-5-7-21-8-6-19/h1-2,9-10,18H,3-8H2,(H,17,20). The molecule has 0 unspecified atom stereocenters. The zero-order valence-corrected chi connectivity index (χ0v) is 12.4. The first-order valence-electron chi connectivity index (χ1n) is 7.09.